The van der Waals surface area contributed by atoms with Gasteiger partial charge in [0.2, 0.25) is 11.8 Å². The number of aryl methyl sites for hydroxylation is 1. The molecule has 0 aliphatic heterocycles. The monoisotopic (exact) mass is 370 g/mol. The van der Waals surface area contributed by atoms with E-state index in [1.165, 1.54) is 0 Å². The molecule has 1 aromatic rings. The molecule has 27 heavy (non-hydrogen) atoms. The first-order valence-corrected chi connectivity index (χ1v) is 9.72. The Morgan fingerprint density at radius 1 is 1.26 bits per heavy atom. The molecule has 146 valence electrons. The fourth-order valence-corrected chi connectivity index (χ4v) is 3.46. The van der Waals surface area contributed by atoms with Crippen molar-refractivity contribution in [3.63, 3.8) is 0 Å². The summed E-state index contributed by atoms with van der Waals surface area (Å²) < 4.78 is 0. The first-order valence-electron chi connectivity index (χ1n) is 9.72. The van der Waals surface area contributed by atoms with Crippen LogP contribution in [0.15, 0.2) is 24.3 Å². The third-order valence-corrected chi connectivity index (χ3v) is 5.39. The Kier molecular flexibility index (Phi) is 7.37. The number of amides is 2. The van der Waals surface area contributed by atoms with E-state index in [4.69, 9.17) is 0 Å². The first-order chi connectivity index (χ1) is 12.9. The summed E-state index contributed by atoms with van der Waals surface area (Å²) in [5, 5.41) is 15.4. The molecule has 6 nitrogen and oxygen atoms in total. The lowest BCUT2D eigenvalue weighted by atomic mass is 9.82. The van der Waals surface area contributed by atoms with Gasteiger partial charge in [0.25, 0.3) is 0 Å². The summed E-state index contributed by atoms with van der Waals surface area (Å²) in [5.74, 6) is -0.367. The highest BCUT2D eigenvalue weighted by atomic mass is 16.2. The van der Waals surface area contributed by atoms with Crippen molar-refractivity contribution in [2.45, 2.75) is 64.0 Å². The summed E-state index contributed by atoms with van der Waals surface area (Å²) in [6, 6.07) is 9.51. The second-order valence-corrected chi connectivity index (χ2v) is 7.39. The van der Waals surface area contributed by atoms with Gasteiger partial charge < -0.3 is 10.6 Å². The molecule has 1 fully saturated rings. The minimum atomic E-state index is -0.757. The van der Waals surface area contributed by atoms with Gasteiger partial charge in [-0.05, 0) is 44.9 Å². The summed E-state index contributed by atoms with van der Waals surface area (Å²) in [4.78, 5) is 26.7. The van der Waals surface area contributed by atoms with Crippen molar-refractivity contribution in [2.24, 2.45) is 0 Å². The van der Waals surface area contributed by atoms with Gasteiger partial charge in [-0.25, -0.2) is 0 Å². The van der Waals surface area contributed by atoms with Gasteiger partial charge >= 0.3 is 0 Å². The SMILES string of the molecule is CCc1ccccc1NC(=O)CN(C)C(C)C(=O)NC1(C#N)CCCCC1. The predicted molar refractivity (Wildman–Crippen MR) is 106 cm³/mol. The second-order valence-electron chi connectivity index (χ2n) is 7.39. The molecule has 1 aliphatic carbocycles. The zero-order valence-electron chi connectivity index (χ0n) is 16.5. The van der Waals surface area contributed by atoms with E-state index in [1.54, 1.807) is 18.9 Å². The van der Waals surface area contributed by atoms with Crippen LogP contribution in [-0.4, -0.2) is 41.9 Å². The van der Waals surface area contributed by atoms with Crippen LogP contribution in [0.4, 0.5) is 5.69 Å². The summed E-state index contributed by atoms with van der Waals surface area (Å²) in [5.41, 5.74) is 1.13. The van der Waals surface area contributed by atoms with Gasteiger partial charge in [-0.2, -0.15) is 5.26 Å². The maximum atomic E-state index is 12.6. The minimum Gasteiger partial charge on any atom is -0.336 e. The van der Waals surface area contributed by atoms with Crippen molar-refractivity contribution in [1.82, 2.24) is 10.2 Å². The van der Waals surface area contributed by atoms with Gasteiger partial charge in [0, 0.05) is 5.69 Å². The fourth-order valence-electron chi connectivity index (χ4n) is 3.46. The van der Waals surface area contributed by atoms with Crippen LogP contribution in [0.3, 0.4) is 0 Å². The molecule has 1 atom stereocenters. The summed E-state index contributed by atoms with van der Waals surface area (Å²) in [7, 11) is 1.75. The van der Waals surface area contributed by atoms with Gasteiger partial charge in [-0.3, -0.25) is 14.5 Å². The smallest absolute Gasteiger partial charge is 0.238 e. The summed E-state index contributed by atoms with van der Waals surface area (Å²) >= 11 is 0. The molecule has 6 heteroatoms. The third kappa shape index (κ3) is 5.54. The van der Waals surface area contributed by atoms with Gasteiger partial charge in [0.05, 0.1) is 18.7 Å². The predicted octanol–water partition coefficient (Wildman–Crippen LogP) is 2.85. The van der Waals surface area contributed by atoms with Crippen molar-refractivity contribution in [2.75, 3.05) is 18.9 Å². The summed E-state index contributed by atoms with van der Waals surface area (Å²) in [6.07, 6.45) is 5.24. The van der Waals surface area contributed by atoms with Crippen molar-refractivity contribution >= 4 is 17.5 Å². The molecule has 2 N–H and O–H groups in total. The molecule has 0 radical (unpaired) electrons. The number of nitrogens with zero attached hydrogens (tertiary/aromatic N) is 2. The van der Waals surface area contributed by atoms with Crippen molar-refractivity contribution < 1.29 is 9.59 Å². The van der Waals surface area contributed by atoms with E-state index >= 15 is 0 Å². The number of rotatable bonds is 7. The standard InChI is InChI=1S/C21H30N4O2/c1-4-17-10-6-7-11-18(17)23-19(26)14-25(3)16(2)20(27)24-21(15-22)12-8-5-9-13-21/h6-7,10-11,16H,4-5,8-9,12-14H2,1-3H3,(H,23,26)(H,24,27). The number of hydrogen-bond acceptors (Lipinski definition) is 4. The number of nitriles is 1. The minimum absolute atomic E-state index is 0.103. The highest BCUT2D eigenvalue weighted by molar-refractivity contribution is 5.93. The highest BCUT2D eigenvalue weighted by Gasteiger charge is 2.35. The van der Waals surface area contributed by atoms with E-state index in [1.807, 2.05) is 31.2 Å². The Labute approximate surface area is 161 Å². The van der Waals surface area contributed by atoms with Gasteiger partial charge in [0.1, 0.15) is 5.54 Å². The lowest BCUT2D eigenvalue weighted by Gasteiger charge is -2.34. The molecule has 1 aromatic carbocycles. The Morgan fingerprint density at radius 3 is 2.56 bits per heavy atom. The Bertz CT molecular complexity index is 704. The van der Waals surface area contributed by atoms with Crippen molar-refractivity contribution in [1.29, 1.82) is 5.26 Å². The van der Waals surface area contributed by atoms with E-state index in [-0.39, 0.29) is 18.4 Å². The number of likely N-dealkylation sites (N-methyl/N-ethyl adjacent to an activating group) is 1. The van der Waals surface area contributed by atoms with E-state index in [2.05, 4.69) is 16.7 Å². The maximum absolute atomic E-state index is 12.6. The average molecular weight is 370 g/mol. The van der Waals surface area contributed by atoms with Crippen LogP contribution in [0.25, 0.3) is 0 Å². The van der Waals surface area contributed by atoms with Crippen LogP contribution < -0.4 is 10.6 Å². The van der Waals surface area contributed by atoms with Gasteiger partial charge in [-0.15, -0.1) is 0 Å². The lowest BCUT2D eigenvalue weighted by Crippen LogP contribution is -2.55. The molecule has 2 rings (SSSR count). The van der Waals surface area contributed by atoms with E-state index in [9.17, 15) is 14.9 Å². The van der Waals surface area contributed by atoms with Gasteiger partial charge in [0.15, 0.2) is 0 Å². The topological polar surface area (TPSA) is 85.2 Å². The highest BCUT2D eigenvalue weighted by Crippen LogP contribution is 2.27. The van der Waals surface area contributed by atoms with E-state index < -0.39 is 11.6 Å². The molecule has 0 aromatic heterocycles. The Hall–Kier alpha value is -2.39. The molecular weight excluding hydrogens is 340 g/mol. The number of benzene rings is 1. The number of nitrogens with one attached hydrogen (secondary N) is 2. The number of hydrogen-bond donors (Lipinski definition) is 2. The largest absolute Gasteiger partial charge is 0.336 e. The molecule has 0 spiro atoms. The van der Waals surface area contributed by atoms with Crippen LogP contribution >= 0.6 is 0 Å². The number of anilines is 1. The lowest BCUT2D eigenvalue weighted by molar-refractivity contribution is -0.128. The fraction of sp³-hybridized carbons (Fsp3) is 0.571. The number of para-hydroxylation sites is 1. The van der Waals surface area contributed by atoms with E-state index in [0.717, 1.165) is 36.9 Å². The van der Waals surface area contributed by atoms with Crippen LogP contribution in [0.1, 0.15) is 51.5 Å². The average Bonchev–Trinajstić information content (AvgIpc) is 2.68. The van der Waals surface area contributed by atoms with Crippen molar-refractivity contribution in [3.05, 3.63) is 29.8 Å². The van der Waals surface area contributed by atoms with Crippen LogP contribution in [0, 0.1) is 11.3 Å². The van der Waals surface area contributed by atoms with Gasteiger partial charge in [-0.1, -0.05) is 44.4 Å². The van der Waals surface area contributed by atoms with Crippen molar-refractivity contribution in [3.8, 4) is 6.07 Å². The molecule has 0 saturated heterocycles. The molecule has 1 saturated carbocycles. The molecule has 0 heterocycles. The van der Waals surface area contributed by atoms with Crippen LogP contribution in [-0.2, 0) is 16.0 Å². The van der Waals surface area contributed by atoms with Crippen LogP contribution in [0.5, 0.6) is 0 Å². The normalized spacial score (nSPS) is 17.0. The molecule has 0 bridgehead atoms. The number of carbonyl (C=O) groups is 2. The van der Waals surface area contributed by atoms with Crippen LogP contribution in [0.2, 0.25) is 0 Å². The first kappa shape index (κ1) is 20.9. The second kappa shape index (κ2) is 9.52. The molecular formula is C21H30N4O2. The quantitative estimate of drug-likeness (QED) is 0.773. The Balaban J connectivity index is 1.92. The molecule has 1 aliphatic rings. The molecule has 1 unspecified atom stereocenters. The summed E-state index contributed by atoms with van der Waals surface area (Å²) in [6.45, 7) is 3.91. The zero-order valence-corrected chi connectivity index (χ0v) is 16.5. The maximum Gasteiger partial charge on any atom is 0.238 e. The Morgan fingerprint density at radius 2 is 1.93 bits per heavy atom. The number of carbonyl (C=O) groups excluding carboxylic acids is 2. The molecule has 2 amide bonds. The van der Waals surface area contributed by atoms with E-state index in [0.29, 0.717) is 12.8 Å². The third-order valence-electron chi connectivity index (χ3n) is 5.39. The zero-order chi connectivity index (χ0) is 19.9.